The Hall–Kier alpha value is -1.56. The Labute approximate surface area is 114 Å². The monoisotopic (exact) mass is 313 g/mol. The van der Waals surface area contributed by atoms with Crippen molar-refractivity contribution >= 4 is 27.7 Å². The first kappa shape index (κ1) is 14.5. The van der Waals surface area contributed by atoms with Crippen LogP contribution in [0.25, 0.3) is 0 Å². The van der Waals surface area contributed by atoms with E-state index in [2.05, 4.69) is 21.1 Å². The van der Waals surface area contributed by atoms with E-state index in [0.29, 0.717) is 25.1 Å². The highest BCUT2D eigenvalue weighted by atomic mass is 79.9. The highest BCUT2D eigenvalue weighted by molar-refractivity contribution is 9.10. The van der Waals surface area contributed by atoms with Crippen molar-refractivity contribution in [2.24, 2.45) is 10.9 Å². The molecule has 0 bridgehead atoms. The van der Waals surface area contributed by atoms with Gasteiger partial charge in [0, 0.05) is 29.5 Å². The van der Waals surface area contributed by atoms with Gasteiger partial charge >= 0.3 is 0 Å². The molecular weight excluding hydrogens is 298 g/mol. The summed E-state index contributed by atoms with van der Waals surface area (Å²) in [5.41, 5.74) is 6.01. The van der Waals surface area contributed by atoms with Crippen LogP contribution in [0.15, 0.2) is 33.9 Å². The molecule has 0 radical (unpaired) electrons. The van der Waals surface area contributed by atoms with Crippen LogP contribution in [0.2, 0.25) is 0 Å². The minimum absolute atomic E-state index is 0.0652. The van der Waals surface area contributed by atoms with E-state index >= 15 is 0 Å². The third-order valence-electron chi connectivity index (χ3n) is 2.51. The highest BCUT2D eigenvalue weighted by Crippen LogP contribution is 2.13. The first-order chi connectivity index (χ1) is 8.58. The molecule has 18 heavy (non-hydrogen) atoms. The third-order valence-corrected chi connectivity index (χ3v) is 3.00. The lowest BCUT2D eigenvalue weighted by molar-refractivity contribution is 0.0768. The van der Waals surface area contributed by atoms with Crippen LogP contribution in [0.4, 0.5) is 0 Å². The van der Waals surface area contributed by atoms with E-state index in [1.54, 1.807) is 17.0 Å². The Balaban J connectivity index is 2.73. The second-order valence-corrected chi connectivity index (χ2v) is 4.65. The molecule has 0 unspecified atom stereocenters. The fraction of sp³-hybridized carbons (Fsp3) is 0.333. The number of benzene rings is 1. The van der Waals surface area contributed by atoms with Gasteiger partial charge in [-0.05, 0) is 25.1 Å². The zero-order chi connectivity index (χ0) is 13.5. The van der Waals surface area contributed by atoms with E-state index in [0.717, 1.165) is 4.47 Å². The number of amidine groups is 1. The molecule has 0 aromatic heterocycles. The summed E-state index contributed by atoms with van der Waals surface area (Å²) >= 11 is 3.33. The summed E-state index contributed by atoms with van der Waals surface area (Å²) in [6.07, 6.45) is 0.351. The Bertz CT molecular complexity index is 449. The van der Waals surface area contributed by atoms with Crippen LogP contribution in [0.3, 0.4) is 0 Å². The first-order valence-corrected chi connectivity index (χ1v) is 6.39. The molecule has 3 N–H and O–H groups in total. The number of halogens is 1. The van der Waals surface area contributed by atoms with Crippen molar-refractivity contribution in [1.29, 1.82) is 0 Å². The van der Waals surface area contributed by atoms with E-state index < -0.39 is 0 Å². The minimum atomic E-state index is -0.0652. The molecule has 1 aromatic rings. The van der Waals surface area contributed by atoms with Crippen LogP contribution in [0.1, 0.15) is 23.7 Å². The average Bonchev–Trinajstić information content (AvgIpc) is 2.38. The number of nitrogens with two attached hydrogens (primary N) is 1. The van der Waals surface area contributed by atoms with Gasteiger partial charge < -0.3 is 15.8 Å². The van der Waals surface area contributed by atoms with Crippen molar-refractivity contribution in [1.82, 2.24) is 4.90 Å². The van der Waals surface area contributed by atoms with Crippen LogP contribution in [-0.2, 0) is 0 Å². The second-order valence-electron chi connectivity index (χ2n) is 3.74. The smallest absolute Gasteiger partial charge is 0.253 e. The van der Waals surface area contributed by atoms with Gasteiger partial charge in [-0.2, -0.15) is 0 Å². The van der Waals surface area contributed by atoms with Crippen LogP contribution < -0.4 is 5.73 Å². The van der Waals surface area contributed by atoms with E-state index in [4.69, 9.17) is 10.9 Å². The van der Waals surface area contributed by atoms with E-state index in [9.17, 15) is 4.79 Å². The zero-order valence-corrected chi connectivity index (χ0v) is 11.7. The molecule has 5 nitrogen and oxygen atoms in total. The molecule has 0 spiro atoms. The topological polar surface area (TPSA) is 78.9 Å². The standard InChI is InChI=1S/C12H16BrN3O2/c1-2-16(7-6-11(14)15-18)12(17)9-4-3-5-10(13)8-9/h3-5,8,18H,2,6-7H2,1H3,(H2,14,15). The van der Waals surface area contributed by atoms with Crippen molar-refractivity contribution in [3.8, 4) is 0 Å². The molecule has 0 aliphatic carbocycles. The zero-order valence-electron chi connectivity index (χ0n) is 10.1. The van der Waals surface area contributed by atoms with Gasteiger partial charge in [0.25, 0.3) is 5.91 Å². The van der Waals surface area contributed by atoms with Gasteiger partial charge in [0.15, 0.2) is 0 Å². The molecule has 0 aliphatic rings. The van der Waals surface area contributed by atoms with E-state index in [1.165, 1.54) is 0 Å². The number of hydrogen-bond acceptors (Lipinski definition) is 3. The van der Waals surface area contributed by atoms with Crippen molar-refractivity contribution in [2.75, 3.05) is 13.1 Å². The normalized spacial score (nSPS) is 11.3. The number of rotatable bonds is 5. The Kier molecular flexibility index (Phi) is 5.64. The molecule has 1 rings (SSSR count). The van der Waals surface area contributed by atoms with Gasteiger partial charge in [-0.25, -0.2) is 0 Å². The fourth-order valence-corrected chi connectivity index (χ4v) is 1.91. The Morgan fingerprint density at radius 2 is 2.28 bits per heavy atom. The molecule has 0 saturated carbocycles. The fourth-order valence-electron chi connectivity index (χ4n) is 1.51. The molecule has 0 fully saturated rings. The summed E-state index contributed by atoms with van der Waals surface area (Å²) in [5, 5.41) is 11.4. The largest absolute Gasteiger partial charge is 0.409 e. The van der Waals surface area contributed by atoms with Crippen molar-refractivity contribution < 1.29 is 10.0 Å². The molecule has 98 valence electrons. The van der Waals surface area contributed by atoms with Crippen molar-refractivity contribution in [3.05, 3.63) is 34.3 Å². The average molecular weight is 314 g/mol. The van der Waals surface area contributed by atoms with Crippen LogP contribution in [0, 0.1) is 0 Å². The van der Waals surface area contributed by atoms with Crippen molar-refractivity contribution in [3.63, 3.8) is 0 Å². The maximum atomic E-state index is 12.2. The molecule has 0 aliphatic heterocycles. The lowest BCUT2D eigenvalue weighted by Crippen LogP contribution is -2.33. The number of hydrogen-bond donors (Lipinski definition) is 2. The van der Waals surface area contributed by atoms with Gasteiger partial charge in [0.05, 0.1) is 0 Å². The minimum Gasteiger partial charge on any atom is -0.409 e. The summed E-state index contributed by atoms with van der Waals surface area (Å²) in [7, 11) is 0. The summed E-state index contributed by atoms with van der Waals surface area (Å²) in [4.78, 5) is 13.8. The highest BCUT2D eigenvalue weighted by Gasteiger charge is 2.14. The van der Waals surface area contributed by atoms with Crippen molar-refractivity contribution in [2.45, 2.75) is 13.3 Å². The lowest BCUT2D eigenvalue weighted by Gasteiger charge is -2.20. The van der Waals surface area contributed by atoms with Gasteiger partial charge in [-0.1, -0.05) is 27.2 Å². The van der Waals surface area contributed by atoms with Gasteiger partial charge in [0.1, 0.15) is 5.84 Å². The summed E-state index contributed by atoms with van der Waals surface area (Å²) < 4.78 is 0.862. The van der Waals surface area contributed by atoms with Gasteiger partial charge in [0.2, 0.25) is 0 Å². The maximum absolute atomic E-state index is 12.2. The molecule has 0 saturated heterocycles. The predicted molar refractivity (Wildman–Crippen MR) is 73.7 cm³/mol. The van der Waals surface area contributed by atoms with E-state index in [1.807, 2.05) is 19.1 Å². The van der Waals surface area contributed by atoms with Gasteiger partial charge in [-0.15, -0.1) is 0 Å². The SMILES string of the molecule is CCN(CC/C(N)=N/O)C(=O)c1cccc(Br)c1. The number of nitrogens with zero attached hydrogens (tertiary/aromatic N) is 2. The quantitative estimate of drug-likeness (QED) is 0.378. The second kappa shape index (κ2) is 7.00. The number of amides is 1. The Morgan fingerprint density at radius 3 is 2.83 bits per heavy atom. The summed E-state index contributed by atoms with van der Waals surface area (Å²) in [5.74, 6) is 0.0556. The van der Waals surface area contributed by atoms with Crippen LogP contribution in [0.5, 0.6) is 0 Å². The molecule has 1 aromatic carbocycles. The number of carbonyl (C=O) groups excluding carboxylic acids is 1. The summed E-state index contributed by atoms with van der Waals surface area (Å²) in [6.45, 7) is 2.89. The maximum Gasteiger partial charge on any atom is 0.253 e. The van der Waals surface area contributed by atoms with E-state index in [-0.39, 0.29) is 11.7 Å². The van der Waals surface area contributed by atoms with Gasteiger partial charge in [-0.3, -0.25) is 4.79 Å². The lowest BCUT2D eigenvalue weighted by atomic mass is 10.2. The number of oxime groups is 1. The van der Waals surface area contributed by atoms with Crippen LogP contribution >= 0.6 is 15.9 Å². The molecule has 0 atom stereocenters. The first-order valence-electron chi connectivity index (χ1n) is 5.59. The Morgan fingerprint density at radius 1 is 1.56 bits per heavy atom. The molecule has 0 heterocycles. The molecular formula is C12H16BrN3O2. The third kappa shape index (κ3) is 4.03. The molecule has 1 amide bonds. The number of carbonyl (C=O) groups is 1. The van der Waals surface area contributed by atoms with Crippen LogP contribution in [-0.4, -0.2) is 34.9 Å². The molecule has 6 heteroatoms. The summed E-state index contributed by atoms with van der Waals surface area (Å²) in [6, 6.07) is 7.21. The predicted octanol–water partition coefficient (Wildman–Crippen LogP) is 2.05.